The third-order valence-electron chi connectivity index (χ3n) is 3.62. The van der Waals surface area contributed by atoms with Crippen LogP contribution in [-0.4, -0.2) is 23.7 Å². The highest BCUT2D eigenvalue weighted by molar-refractivity contribution is 6.58. The van der Waals surface area contributed by atoms with Gasteiger partial charge in [-0.15, -0.1) is 0 Å². The zero-order valence-electron chi connectivity index (χ0n) is 10.7. The van der Waals surface area contributed by atoms with Crippen molar-refractivity contribution in [3.63, 3.8) is 0 Å². The Labute approximate surface area is 113 Å². The van der Waals surface area contributed by atoms with Crippen molar-refractivity contribution < 1.29 is 10.0 Å². The quantitative estimate of drug-likeness (QED) is 0.800. The lowest BCUT2D eigenvalue weighted by atomic mass is 9.79. The molecular weight excluding hydrogens is 237 g/mol. The molecule has 2 aromatic carbocycles. The Balaban J connectivity index is 1.86. The lowest BCUT2D eigenvalue weighted by Gasteiger charge is -2.20. The van der Waals surface area contributed by atoms with Crippen molar-refractivity contribution in [1.82, 2.24) is 0 Å². The molecule has 0 saturated carbocycles. The van der Waals surface area contributed by atoms with E-state index in [4.69, 9.17) is 0 Å². The number of benzene rings is 2. The van der Waals surface area contributed by atoms with E-state index in [0.29, 0.717) is 5.46 Å². The summed E-state index contributed by atoms with van der Waals surface area (Å²) in [5, 5.41) is 18.5. The van der Waals surface area contributed by atoms with Crippen molar-refractivity contribution in [3.8, 4) is 0 Å². The number of nitrogens with zero attached hydrogens (tertiary/aromatic N) is 1. The maximum atomic E-state index is 9.27. The average Bonchev–Trinajstić information content (AvgIpc) is 2.82. The standard InChI is InChI=1S/C15H16BNO2/c18-16(19)14-7-6-13-8-9-17(15(13)10-14)11-12-4-2-1-3-5-12/h1-7,10,18-19H,8-9,11H2. The molecule has 2 N–H and O–H groups in total. The first-order valence-electron chi connectivity index (χ1n) is 6.52. The van der Waals surface area contributed by atoms with E-state index >= 15 is 0 Å². The predicted molar refractivity (Wildman–Crippen MR) is 77.5 cm³/mol. The van der Waals surface area contributed by atoms with Gasteiger partial charge in [-0.05, 0) is 29.1 Å². The number of fused-ring (bicyclic) bond motifs is 1. The van der Waals surface area contributed by atoms with Crippen LogP contribution >= 0.6 is 0 Å². The van der Waals surface area contributed by atoms with Crippen molar-refractivity contribution in [2.45, 2.75) is 13.0 Å². The molecule has 3 nitrogen and oxygen atoms in total. The molecular formula is C15H16BNO2. The molecule has 1 heterocycles. The Morgan fingerprint density at radius 2 is 1.84 bits per heavy atom. The van der Waals surface area contributed by atoms with E-state index in [1.165, 1.54) is 11.1 Å². The van der Waals surface area contributed by atoms with Crippen LogP contribution in [0.2, 0.25) is 0 Å². The summed E-state index contributed by atoms with van der Waals surface area (Å²) in [6, 6.07) is 16.0. The third kappa shape index (κ3) is 2.50. The van der Waals surface area contributed by atoms with Crippen LogP contribution in [-0.2, 0) is 13.0 Å². The minimum atomic E-state index is -1.40. The topological polar surface area (TPSA) is 43.7 Å². The molecule has 3 rings (SSSR count). The Morgan fingerprint density at radius 3 is 2.58 bits per heavy atom. The zero-order valence-corrected chi connectivity index (χ0v) is 10.7. The molecule has 0 aromatic heterocycles. The van der Waals surface area contributed by atoms with E-state index in [0.717, 1.165) is 25.2 Å². The maximum absolute atomic E-state index is 9.27. The third-order valence-corrected chi connectivity index (χ3v) is 3.62. The van der Waals surface area contributed by atoms with Crippen LogP contribution in [0, 0.1) is 0 Å². The second-order valence-electron chi connectivity index (χ2n) is 4.92. The second kappa shape index (κ2) is 5.07. The summed E-state index contributed by atoms with van der Waals surface area (Å²) in [5.41, 5.74) is 4.22. The van der Waals surface area contributed by atoms with Crippen LogP contribution in [0.4, 0.5) is 5.69 Å². The molecule has 0 atom stereocenters. The van der Waals surface area contributed by atoms with E-state index < -0.39 is 7.12 Å². The second-order valence-corrected chi connectivity index (χ2v) is 4.92. The van der Waals surface area contributed by atoms with Crippen molar-refractivity contribution >= 4 is 18.3 Å². The van der Waals surface area contributed by atoms with E-state index in [1.54, 1.807) is 6.07 Å². The minimum Gasteiger partial charge on any atom is -0.423 e. The van der Waals surface area contributed by atoms with Crippen LogP contribution in [0.1, 0.15) is 11.1 Å². The summed E-state index contributed by atoms with van der Waals surface area (Å²) in [6.45, 7) is 1.84. The van der Waals surface area contributed by atoms with Gasteiger partial charge >= 0.3 is 7.12 Å². The summed E-state index contributed by atoms with van der Waals surface area (Å²) in [4.78, 5) is 2.29. The normalized spacial score (nSPS) is 13.5. The molecule has 0 saturated heterocycles. The molecule has 0 fully saturated rings. The van der Waals surface area contributed by atoms with Crippen molar-refractivity contribution in [1.29, 1.82) is 0 Å². The Morgan fingerprint density at radius 1 is 1.05 bits per heavy atom. The monoisotopic (exact) mass is 253 g/mol. The molecule has 4 heteroatoms. The van der Waals surface area contributed by atoms with E-state index in [1.807, 2.05) is 30.3 Å². The molecule has 0 unspecified atom stereocenters. The van der Waals surface area contributed by atoms with E-state index in [9.17, 15) is 10.0 Å². The van der Waals surface area contributed by atoms with E-state index in [-0.39, 0.29) is 0 Å². The fourth-order valence-electron chi connectivity index (χ4n) is 2.59. The maximum Gasteiger partial charge on any atom is 0.488 e. The van der Waals surface area contributed by atoms with Crippen molar-refractivity contribution in [3.05, 3.63) is 59.7 Å². The first-order valence-corrected chi connectivity index (χ1v) is 6.52. The molecule has 0 amide bonds. The molecule has 1 aliphatic rings. The number of anilines is 1. The van der Waals surface area contributed by atoms with Crippen LogP contribution in [0.5, 0.6) is 0 Å². The molecule has 0 spiro atoms. The summed E-state index contributed by atoms with van der Waals surface area (Å²) >= 11 is 0. The van der Waals surface area contributed by atoms with Crippen molar-refractivity contribution in [2.75, 3.05) is 11.4 Å². The van der Waals surface area contributed by atoms with Gasteiger partial charge in [-0.3, -0.25) is 0 Å². The fourth-order valence-corrected chi connectivity index (χ4v) is 2.59. The first-order chi connectivity index (χ1) is 9.24. The fraction of sp³-hybridized carbons (Fsp3) is 0.200. The summed E-state index contributed by atoms with van der Waals surface area (Å²) in [7, 11) is -1.40. The molecule has 19 heavy (non-hydrogen) atoms. The highest BCUT2D eigenvalue weighted by atomic mass is 16.4. The van der Waals surface area contributed by atoms with Gasteiger partial charge in [0.1, 0.15) is 0 Å². The SMILES string of the molecule is OB(O)c1ccc2c(c1)N(Cc1ccccc1)CC2. The summed E-state index contributed by atoms with van der Waals surface area (Å²) < 4.78 is 0. The van der Waals surface area contributed by atoms with Crippen LogP contribution in [0.15, 0.2) is 48.5 Å². The number of hydrogen-bond donors (Lipinski definition) is 2. The highest BCUT2D eigenvalue weighted by Gasteiger charge is 2.21. The van der Waals surface area contributed by atoms with Crippen LogP contribution in [0.3, 0.4) is 0 Å². The highest BCUT2D eigenvalue weighted by Crippen LogP contribution is 2.28. The van der Waals surface area contributed by atoms with E-state index in [2.05, 4.69) is 17.0 Å². The van der Waals surface area contributed by atoms with Gasteiger partial charge in [0.15, 0.2) is 0 Å². The van der Waals surface area contributed by atoms with Crippen LogP contribution < -0.4 is 10.4 Å². The number of rotatable bonds is 3. The Kier molecular flexibility index (Phi) is 3.28. The van der Waals surface area contributed by atoms with Crippen LogP contribution in [0.25, 0.3) is 0 Å². The van der Waals surface area contributed by atoms with Gasteiger partial charge in [0.25, 0.3) is 0 Å². The minimum absolute atomic E-state index is 0.554. The Hall–Kier alpha value is -1.78. The average molecular weight is 253 g/mol. The summed E-state index contributed by atoms with van der Waals surface area (Å²) in [6.07, 6.45) is 1.02. The largest absolute Gasteiger partial charge is 0.488 e. The van der Waals surface area contributed by atoms with Gasteiger partial charge in [0.05, 0.1) is 0 Å². The van der Waals surface area contributed by atoms with Gasteiger partial charge < -0.3 is 14.9 Å². The van der Waals surface area contributed by atoms with Gasteiger partial charge in [-0.25, -0.2) is 0 Å². The zero-order chi connectivity index (χ0) is 13.2. The molecule has 96 valence electrons. The lowest BCUT2D eigenvalue weighted by molar-refractivity contribution is 0.426. The van der Waals surface area contributed by atoms with Crippen molar-refractivity contribution in [2.24, 2.45) is 0 Å². The van der Waals surface area contributed by atoms with Gasteiger partial charge in [-0.2, -0.15) is 0 Å². The molecule has 0 radical (unpaired) electrons. The molecule has 0 aliphatic carbocycles. The first kappa shape index (κ1) is 12.3. The van der Waals surface area contributed by atoms with Gasteiger partial charge in [-0.1, -0.05) is 42.5 Å². The smallest absolute Gasteiger partial charge is 0.423 e. The molecule has 2 aromatic rings. The molecule has 1 aliphatic heterocycles. The summed E-state index contributed by atoms with van der Waals surface area (Å²) in [5.74, 6) is 0. The van der Waals surface area contributed by atoms with Gasteiger partial charge in [0, 0.05) is 18.8 Å². The Bertz CT molecular complexity index is 572. The number of hydrogen-bond acceptors (Lipinski definition) is 3. The lowest BCUT2D eigenvalue weighted by Crippen LogP contribution is -2.30. The predicted octanol–water partition coefficient (Wildman–Crippen LogP) is 0.929. The molecule has 0 bridgehead atoms. The van der Waals surface area contributed by atoms with Gasteiger partial charge in [0.2, 0.25) is 0 Å².